The Bertz CT molecular complexity index is 252. The zero-order valence-electron chi connectivity index (χ0n) is 7.80. The molecule has 0 aliphatic carbocycles. The van der Waals surface area contributed by atoms with Gasteiger partial charge in [0.1, 0.15) is 0 Å². The number of aliphatic hydroxyl groups is 1. The Hall–Kier alpha value is -0.520. The Morgan fingerprint density at radius 2 is 2.54 bits per heavy atom. The average Bonchev–Trinajstić information content (AvgIpc) is 2.49. The lowest BCUT2D eigenvalue weighted by atomic mass is 10.4. The zero-order chi connectivity index (χ0) is 9.68. The SMILES string of the molecule is COCC(O)CSc1cnn(C)c1. The van der Waals surface area contributed by atoms with Crippen LogP contribution in [0.1, 0.15) is 0 Å². The molecule has 0 aliphatic rings. The first-order valence-electron chi connectivity index (χ1n) is 4.01. The standard InChI is InChI=1S/C8H14N2O2S/c1-10-4-8(3-9-10)13-6-7(11)5-12-2/h3-4,7,11H,5-6H2,1-2H3. The minimum Gasteiger partial charge on any atom is -0.390 e. The van der Waals surface area contributed by atoms with E-state index in [9.17, 15) is 5.11 Å². The normalized spacial score (nSPS) is 13.2. The molecule has 1 aromatic rings. The maximum Gasteiger partial charge on any atom is 0.0867 e. The summed E-state index contributed by atoms with van der Waals surface area (Å²) in [7, 11) is 3.45. The number of aromatic nitrogens is 2. The highest BCUT2D eigenvalue weighted by molar-refractivity contribution is 7.99. The molecule has 0 aromatic carbocycles. The van der Waals surface area contributed by atoms with Gasteiger partial charge in [-0.2, -0.15) is 5.10 Å². The molecule has 4 nitrogen and oxygen atoms in total. The van der Waals surface area contributed by atoms with E-state index >= 15 is 0 Å². The summed E-state index contributed by atoms with van der Waals surface area (Å²) in [6, 6.07) is 0. The number of aliphatic hydroxyl groups excluding tert-OH is 1. The van der Waals surface area contributed by atoms with Crippen LogP contribution >= 0.6 is 11.8 Å². The van der Waals surface area contributed by atoms with Crippen LogP contribution in [0.25, 0.3) is 0 Å². The summed E-state index contributed by atoms with van der Waals surface area (Å²) in [5, 5.41) is 13.4. The van der Waals surface area contributed by atoms with E-state index in [1.807, 2.05) is 13.2 Å². The first kappa shape index (κ1) is 10.6. The fourth-order valence-corrected chi connectivity index (χ4v) is 1.74. The Balaban J connectivity index is 2.26. The second-order valence-electron chi connectivity index (χ2n) is 2.77. The molecule has 1 atom stereocenters. The number of hydrogen-bond acceptors (Lipinski definition) is 4. The van der Waals surface area contributed by atoms with E-state index in [1.54, 1.807) is 29.8 Å². The van der Waals surface area contributed by atoms with Crippen molar-refractivity contribution in [1.82, 2.24) is 9.78 Å². The number of hydrogen-bond donors (Lipinski definition) is 1. The lowest BCUT2D eigenvalue weighted by molar-refractivity contribution is 0.0794. The van der Waals surface area contributed by atoms with Gasteiger partial charge in [0.2, 0.25) is 0 Å². The molecule has 5 heteroatoms. The highest BCUT2D eigenvalue weighted by atomic mass is 32.2. The van der Waals surface area contributed by atoms with Crippen molar-refractivity contribution in [2.24, 2.45) is 7.05 Å². The molecule has 0 spiro atoms. The van der Waals surface area contributed by atoms with Crippen molar-refractivity contribution >= 4 is 11.8 Å². The van der Waals surface area contributed by atoms with Crippen molar-refractivity contribution in [3.05, 3.63) is 12.4 Å². The highest BCUT2D eigenvalue weighted by Gasteiger charge is 2.04. The molecule has 0 bridgehead atoms. The zero-order valence-corrected chi connectivity index (χ0v) is 8.62. The van der Waals surface area contributed by atoms with E-state index < -0.39 is 6.10 Å². The van der Waals surface area contributed by atoms with E-state index in [0.29, 0.717) is 12.4 Å². The fraction of sp³-hybridized carbons (Fsp3) is 0.625. The van der Waals surface area contributed by atoms with Gasteiger partial charge in [-0.15, -0.1) is 11.8 Å². The van der Waals surface area contributed by atoms with Crippen LogP contribution in [-0.4, -0.2) is 40.5 Å². The molecular formula is C8H14N2O2S. The van der Waals surface area contributed by atoms with Crippen molar-refractivity contribution in [2.45, 2.75) is 11.0 Å². The Morgan fingerprint density at radius 3 is 3.08 bits per heavy atom. The number of nitrogens with zero attached hydrogens (tertiary/aromatic N) is 2. The van der Waals surface area contributed by atoms with Gasteiger partial charge < -0.3 is 9.84 Å². The number of ether oxygens (including phenoxy) is 1. The Labute approximate surface area is 81.9 Å². The molecule has 0 saturated heterocycles. The maximum atomic E-state index is 9.34. The van der Waals surface area contributed by atoms with Gasteiger partial charge in [0.25, 0.3) is 0 Å². The molecule has 0 fully saturated rings. The topological polar surface area (TPSA) is 47.3 Å². The minimum absolute atomic E-state index is 0.382. The van der Waals surface area contributed by atoms with Crippen LogP contribution in [0.4, 0.5) is 0 Å². The molecule has 74 valence electrons. The maximum absolute atomic E-state index is 9.34. The Morgan fingerprint density at radius 1 is 1.77 bits per heavy atom. The number of aryl methyl sites for hydroxylation is 1. The first-order valence-corrected chi connectivity index (χ1v) is 4.99. The molecule has 0 radical (unpaired) electrons. The van der Waals surface area contributed by atoms with Crippen LogP contribution in [-0.2, 0) is 11.8 Å². The molecule has 0 saturated carbocycles. The lowest BCUT2D eigenvalue weighted by Crippen LogP contribution is -2.16. The Kier molecular flexibility index (Phi) is 4.27. The molecule has 1 unspecified atom stereocenters. The number of rotatable bonds is 5. The third-order valence-electron chi connectivity index (χ3n) is 1.48. The van der Waals surface area contributed by atoms with Gasteiger partial charge in [-0.1, -0.05) is 0 Å². The second kappa shape index (κ2) is 5.26. The predicted octanol–water partition coefficient (Wildman–Crippen LogP) is 0.520. The van der Waals surface area contributed by atoms with E-state index in [4.69, 9.17) is 4.74 Å². The van der Waals surface area contributed by atoms with Crippen LogP contribution in [0.5, 0.6) is 0 Å². The summed E-state index contributed by atoms with van der Waals surface area (Å²) in [6.45, 7) is 0.382. The van der Waals surface area contributed by atoms with E-state index in [2.05, 4.69) is 5.10 Å². The molecule has 1 N–H and O–H groups in total. The van der Waals surface area contributed by atoms with E-state index in [-0.39, 0.29) is 0 Å². The van der Waals surface area contributed by atoms with Gasteiger partial charge in [-0.3, -0.25) is 4.68 Å². The molecule has 1 aromatic heterocycles. The summed E-state index contributed by atoms with van der Waals surface area (Å²) in [4.78, 5) is 1.07. The van der Waals surface area contributed by atoms with Gasteiger partial charge in [-0.25, -0.2) is 0 Å². The monoisotopic (exact) mass is 202 g/mol. The van der Waals surface area contributed by atoms with Crippen LogP contribution in [0.15, 0.2) is 17.3 Å². The van der Waals surface area contributed by atoms with Gasteiger partial charge in [-0.05, 0) is 0 Å². The highest BCUT2D eigenvalue weighted by Crippen LogP contribution is 2.17. The summed E-state index contributed by atoms with van der Waals surface area (Å²) in [5.74, 6) is 0.638. The average molecular weight is 202 g/mol. The smallest absolute Gasteiger partial charge is 0.0867 e. The van der Waals surface area contributed by atoms with Crippen molar-refractivity contribution in [2.75, 3.05) is 19.5 Å². The van der Waals surface area contributed by atoms with Crippen molar-refractivity contribution < 1.29 is 9.84 Å². The third kappa shape index (κ3) is 3.80. The van der Waals surface area contributed by atoms with Crippen LogP contribution in [0.3, 0.4) is 0 Å². The number of methoxy groups -OCH3 is 1. The predicted molar refractivity (Wildman–Crippen MR) is 51.8 cm³/mol. The lowest BCUT2D eigenvalue weighted by Gasteiger charge is -2.06. The summed E-state index contributed by atoms with van der Waals surface area (Å²) in [5.41, 5.74) is 0. The van der Waals surface area contributed by atoms with Crippen LogP contribution in [0, 0.1) is 0 Å². The molecular weight excluding hydrogens is 188 g/mol. The van der Waals surface area contributed by atoms with Gasteiger partial charge >= 0.3 is 0 Å². The summed E-state index contributed by atoms with van der Waals surface area (Å²) < 4.78 is 6.55. The number of thioether (sulfide) groups is 1. The van der Waals surface area contributed by atoms with E-state index in [1.165, 1.54) is 0 Å². The molecule has 1 rings (SSSR count). The summed E-state index contributed by atoms with van der Waals surface area (Å²) >= 11 is 1.58. The van der Waals surface area contributed by atoms with E-state index in [0.717, 1.165) is 4.90 Å². The fourth-order valence-electron chi connectivity index (χ4n) is 0.906. The van der Waals surface area contributed by atoms with Gasteiger partial charge in [0.15, 0.2) is 0 Å². The molecule has 13 heavy (non-hydrogen) atoms. The first-order chi connectivity index (χ1) is 6.22. The largest absolute Gasteiger partial charge is 0.390 e. The second-order valence-corrected chi connectivity index (χ2v) is 3.86. The van der Waals surface area contributed by atoms with Crippen molar-refractivity contribution in [3.8, 4) is 0 Å². The molecule has 0 aliphatic heterocycles. The van der Waals surface area contributed by atoms with Gasteiger partial charge in [0, 0.05) is 31.0 Å². The minimum atomic E-state index is -0.407. The molecule has 0 amide bonds. The van der Waals surface area contributed by atoms with Crippen LogP contribution < -0.4 is 0 Å². The third-order valence-corrected chi connectivity index (χ3v) is 2.58. The molecule has 1 heterocycles. The van der Waals surface area contributed by atoms with Gasteiger partial charge in [0.05, 0.1) is 18.9 Å². The van der Waals surface area contributed by atoms with Crippen molar-refractivity contribution in [1.29, 1.82) is 0 Å². The summed E-state index contributed by atoms with van der Waals surface area (Å²) in [6.07, 6.45) is 3.30. The van der Waals surface area contributed by atoms with Crippen molar-refractivity contribution in [3.63, 3.8) is 0 Å². The van der Waals surface area contributed by atoms with Crippen LogP contribution in [0.2, 0.25) is 0 Å². The quantitative estimate of drug-likeness (QED) is 0.707.